The van der Waals surface area contributed by atoms with Crippen LogP contribution in [-0.4, -0.2) is 42.6 Å². The molecule has 0 radical (unpaired) electrons. The molecule has 174 valence electrons. The van der Waals surface area contributed by atoms with Gasteiger partial charge in [0.2, 0.25) is 0 Å². The second-order valence-electron chi connectivity index (χ2n) is 6.93. The van der Waals surface area contributed by atoms with Crippen LogP contribution in [0.4, 0.5) is 0 Å². The summed E-state index contributed by atoms with van der Waals surface area (Å²) >= 11 is 0. The van der Waals surface area contributed by atoms with Crippen molar-refractivity contribution in [1.82, 2.24) is 5.64 Å². The Morgan fingerprint density at radius 2 is 1.23 bits per heavy atom. The predicted octanol–water partition coefficient (Wildman–Crippen LogP) is 0.202. The molecule has 0 spiro atoms. The summed E-state index contributed by atoms with van der Waals surface area (Å²) in [5.74, 6) is -0.914. The smallest absolute Gasteiger partial charge is 0.550 e. The van der Waals surface area contributed by atoms with Gasteiger partial charge in [-0.15, -0.1) is 0 Å². The average molecular weight is 458 g/mol. The number of aliphatic hydroxyl groups is 2. The van der Waals surface area contributed by atoms with Crippen molar-refractivity contribution in [1.29, 1.82) is 0 Å². The Bertz CT molecular complexity index is 340. The molecular weight excluding hydrogens is 413 g/mol. The van der Waals surface area contributed by atoms with E-state index < -0.39 is 5.97 Å². The maximum atomic E-state index is 10.2. The number of carbonyl (C=O) groups excluding carboxylic acids is 1. The molecule has 0 aliphatic carbocycles. The molecule has 0 aliphatic rings. The van der Waals surface area contributed by atoms with Gasteiger partial charge in [0.1, 0.15) is 0 Å². The number of nitrogens with one attached hydrogen (secondary N) is 1. The van der Waals surface area contributed by atoms with Gasteiger partial charge in [-0.25, -0.2) is 0 Å². The van der Waals surface area contributed by atoms with E-state index in [1.54, 1.807) is 0 Å². The third kappa shape index (κ3) is 39.2. The average Bonchev–Trinajstić information content (AvgIpc) is 2.71. The van der Waals surface area contributed by atoms with E-state index in [0.29, 0.717) is 0 Å². The fourth-order valence-corrected chi connectivity index (χ4v) is 2.56. The monoisotopic (exact) mass is 457 g/mol. The minimum atomic E-state index is -0.914. The Kier molecular flexibility index (Phi) is 40.2. The second kappa shape index (κ2) is 34.3. The molecule has 0 saturated heterocycles. The molecule has 0 aliphatic heterocycles. The molecule has 0 heterocycles. The Balaban J connectivity index is -0.000000616. The summed E-state index contributed by atoms with van der Waals surface area (Å²) in [6.45, 7) is 2.48. The Morgan fingerprint density at radius 3 is 1.67 bits per heavy atom. The number of hydrogen-bond donors (Lipinski definition) is 3. The van der Waals surface area contributed by atoms with Crippen molar-refractivity contribution >= 4 is 5.97 Å². The molecule has 30 heavy (non-hydrogen) atoms. The fourth-order valence-electron chi connectivity index (χ4n) is 2.56. The Labute approximate surface area is 226 Å². The van der Waals surface area contributed by atoms with Crippen LogP contribution < -0.4 is 62.1 Å². The standard InChI is InChI=1S/C18H34O2.C4H11NO4.K/c1-2-3-4-5-6-7-8-9-10-11-12-13-14-15-16-17-18(19)20;6-1-3-8-5-9-4-2-7;/h9-10H,2-8,11-17H2,1H3,(H,19,20);5-7H,1-4H2;/q;;+1/p-1/b10-9-;;. The van der Waals surface area contributed by atoms with Crippen molar-refractivity contribution in [3.63, 3.8) is 0 Å². The third-order valence-electron chi connectivity index (χ3n) is 4.15. The molecule has 0 amide bonds. The Morgan fingerprint density at radius 1 is 0.800 bits per heavy atom. The van der Waals surface area contributed by atoms with Gasteiger partial charge in [-0.2, -0.15) is 0 Å². The molecule has 0 atom stereocenters. The predicted molar refractivity (Wildman–Crippen MR) is 114 cm³/mol. The van der Waals surface area contributed by atoms with E-state index >= 15 is 0 Å². The van der Waals surface area contributed by atoms with Crippen LogP contribution >= 0.6 is 0 Å². The number of aliphatic hydroxyl groups excluding tert-OH is 2. The number of carboxylic acids is 1. The molecule has 0 rings (SSSR count). The summed E-state index contributed by atoms with van der Waals surface area (Å²) in [5.41, 5.74) is 2.07. The molecule has 0 bridgehead atoms. The summed E-state index contributed by atoms with van der Waals surface area (Å²) < 4.78 is 0. The van der Waals surface area contributed by atoms with E-state index in [0.717, 1.165) is 19.3 Å². The number of rotatable bonds is 21. The van der Waals surface area contributed by atoms with E-state index in [1.165, 1.54) is 64.2 Å². The number of aliphatic carboxylic acids is 1. The number of carboxylic acid groups (broad SMARTS) is 1. The molecule has 0 aromatic rings. The van der Waals surface area contributed by atoms with Gasteiger partial charge in [-0.05, 0) is 38.5 Å². The first-order chi connectivity index (χ1) is 14.2. The van der Waals surface area contributed by atoms with Crippen molar-refractivity contribution in [2.45, 2.75) is 96.8 Å². The van der Waals surface area contributed by atoms with Gasteiger partial charge in [0.05, 0.1) is 26.4 Å². The molecule has 0 aromatic heterocycles. The largest absolute Gasteiger partial charge is 1.00 e. The minimum Gasteiger partial charge on any atom is -0.550 e. The summed E-state index contributed by atoms with van der Waals surface area (Å²) in [5, 5.41) is 26.5. The van der Waals surface area contributed by atoms with Crippen LogP contribution in [0.1, 0.15) is 96.8 Å². The van der Waals surface area contributed by atoms with Crippen LogP contribution in [0.25, 0.3) is 0 Å². The molecule has 8 heteroatoms. The van der Waals surface area contributed by atoms with Crippen LogP contribution in [-0.2, 0) is 14.5 Å². The van der Waals surface area contributed by atoms with Gasteiger partial charge >= 0.3 is 51.4 Å². The summed E-state index contributed by atoms with van der Waals surface area (Å²) in [6.07, 6.45) is 20.9. The van der Waals surface area contributed by atoms with Crippen LogP contribution in [0.3, 0.4) is 0 Å². The summed E-state index contributed by atoms with van der Waals surface area (Å²) in [4.78, 5) is 19.1. The second-order valence-corrected chi connectivity index (χ2v) is 6.93. The number of unbranched alkanes of at least 4 members (excludes halogenated alkanes) is 11. The normalized spacial score (nSPS) is 10.5. The van der Waals surface area contributed by atoms with Crippen molar-refractivity contribution in [2.24, 2.45) is 0 Å². The van der Waals surface area contributed by atoms with Crippen LogP contribution in [0.2, 0.25) is 0 Å². The number of carbonyl (C=O) groups is 1. The topological polar surface area (TPSA) is 111 Å². The van der Waals surface area contributed by atoms with Crippen molar-refractivity contribution in [2.75, 3.05) is 26.4 Å². The molecule has 7 nitrogen and oxygen atoms in total. The van der Waals surface area contributed by atoms with Crippen LogP contribution in [0, 0.1) is 0 Å². The maximum absolute atomic E-state index is 10.2. The zero-order valence-corrected chi connectivity index (χ0v) is 22.5. The molecule has 0 aromatic carbocycles. The molecule has 0 fully saturated rings. The molecule has 0 saturated carbocycles. The van der Waals surface area contributed by atoms with Gasteiger partial charge in [-0.3, -0.25) is 9.68 Å². The first-order valence-corrected chi connectivity index (χ1v) is 11.2. The van der Waals surface area contributed by atoms with E-state index in [9.17, 15) is 9.90 Å². The number of hydrogen-bond acceptors (Lipinski definition) is 7. The Hall–Kier alpha value is 0.646. The van der Waals surface area contributed by atoms with Crippen molar-refractivity contribution in [3.8, 4) is 0 Å². The van der Waals surface area contributed by atoms with Gasteiger partial charge in [0, 0.05) is 5.97 Å². The van der Waals surface area contributed by atoms with E-state index in [4.69, 9.17) is 10.2 Å². The first kappa shape index (κ1) is 35.2. The SMILES string of the molecule is CCCCCCCC/C=C\CCCCCCCC(=O)[O-].OCCONOCCO.[K+]. The van der Waals surface area contributed by atoms with Gasteiger partial charge in [0.25, 0.3) is 0 Å². The van der Waals surface area contributed by atoms with Gasteiger partial charge in [-0.1, -0.05) is 76.1 Å². The van der Waals surface area contributed by atoms with E-state index in [2.05, 4.69) is 34.4 Å². The van der Waals surface area contributed by atoms with Crippen LogP contribution in [0.5, 0.6) is 0 Å². The maximum Gasteiger partial charge on any atom is 1.00 e. The van der Waals surface area contributed by atoms with Gasteiger partial charge in [0.15, 0.2) is 0 Å². The number of allylic oxidation sites excluding steroid dienone is 2. The fraction of sp³-hybridized carbons (Fsp3) is 0.864. The quantitative estimate of drug-likeness (QED) is 0.0977. The van der Waals surface area contributed by atoms with Crippen molar-refractivity contribution < 1.29 is 81.2 Å². The molecule has 3 N–H and O–H groups in total. The van der Waals surface area contributed by atoms with Crippen molar-refractivity contribution in [3.05, 3.63) is 12.2 Å². The molecular formula is C22H44KNO6. The minimum absolute atomic E-state index is 0. The van der Waals surface area contributed by atoms with E-state index in [-0.39, 0.29) is 84.2 Å². The summed E-state index contributed by atoms with van der Waals surface area (Å²) in [7, 11) is 0. The van der Waals surface area contributed by atoms with Gasteiger partial charge < -0.3 is 20.1 Å². The van der Waals surface area contributed by atoms with E-state index in [1.807, 2.05) is 0 Å². The third-order valence-corrected chi connectivity index (χ3v) is 4.15. The van der Waals surface area contributed by atoms with Crippen LogP contribution in [0.15, 0.2) is 12.2 Å². The first-order valence-electron chi connectivity index (χ1n) is 11.2. The summed E-state index contributed by atoms with van der Waals surface area (Å²) in [6, 6.07) is 0. The zero-order valence-electron chi connectivity index (χ0n) is 19.4. The molecule has 0 unspecified atom stereocenters. The zero-order chi connectivity index (χ0) is 21.8.